The zero-order valence-electron chi connectivity index (χ0n) is 10.6. The van der Waals surface area contributed by atoms with E-state index in [1.807, 2.05) is 17.5 Å². The van der Waals surface area contributed by atoms with Crippen LogP contribution in [0.5, 0.6) is 0 Å². The molecule has 0 aliphatic heterocycles. The van der Waals surface area contributed by atoms with E-state index in [2.05, 4.69) is 21.2 Å². The Morgan fingerprint density at radius 2 is 1.95 bits per heavy atom. The topological polar surface area (TPSA) is 55.4 Å². The Morgan fingerprint density at radius 3 is 2.50 bits per heavy atom. The number of methoxy groups -OCH3 is 1. The second-order valence-electron chi connectivity index (χ2n) is 3.96. The summed E-state index contributed by atoms with van der Waals surface area (Å²) < 4.78 is 5.65. The molecule has 0 spiro atoms. The highest BCUT2D eigenvalue weighted by Crippen LogP contribution is 2.19. The molecule has 0 radical (unpaired) electrons. The maximum atomic E-state index is 12.1. The highest BCUT2D eigenvalue weighted by atomic mass is 79.9. The van der Waals surface area contributed by atoms with Crippen LogP contribution in [0.25, 0.3) is 0 Å². The number of carbonyl (C=O) groups excluding carboxylic acids is 2. The van der Waals surface area contributed by atoms with Crippen LogP contribution < -0.4 is 5.32 Å². The predicted octanol–water partition coefficient (Wildman–Crippen LogP) is 3.15. The molecule has 6 heteroatoms. The van der Waals surface area contributed by atoms with Crippen LogP contribution in [0.2, 0.25) is 0 Å². The lowest BCUT2D eigenvalue weighted by Gasteiger charge is -2.16. The molecule has 0 aliphatic rings. The summed E-state index contributed by atoms with van der Waals surface area (Å²) in [6.07, 6.45) is 0. The lowest BCUT2D eigenvalue weighted by Crippen LogP contribution is -2.34. The summed E-state index contributed by atoms with van der Waals surface area (Å²) in [5.41, 5.74) is 0.671. The Morgan fingerprint density at radius 1 is 1.25 bits per heavy atom. The molecule has 1 unspecified atom stereocenters. The standard InChI is InChI=1S/C14H12BrNO3S/c1-19-14(18)12(9-4-6-10(15)7-5-9)16-13(17)11-3-2-8-20-11/h2-8,12H,1H3,(H,16,17). The van der Waals surface area contributed by atoms with Crippen LogP contribution in [0.4, 0.5) is 0 Å². The lowest BCUT2D eigenvalue weighted by molar-refractivity contribution is -0.143. The first-order chi connectivity index (χ1) is 9.61. The number of ether oxygens (including phenoxy) is 1. The second kappa shape index (κ2) is 6.67. The monoisotopic (exact) mass is 353 g/mol. The minimum absolute atomic E-state index is 0.293. The molecule has 0 saturated heterocycles. The van der Waals surface area contributed by atoms with E-state index in [-0.39, 0.29) is 5.91 Å². The van der Waals surface area contributed by atoms with Crippen molar-refractivity contribution in [1.82, 2.24) is 5.32 Å². The number of benzene rings is 1. The van der Waals surface area contributed by atoms with Crippen LogP contribution in [-0.2, 0) is 9.53 Å². The van der Waals surface area contributed by atoms with Gasteiger partial charge >= 0.3 is 5.97 Å². The van der Waals surface area contributed by atoms with Crippen LogP contribution in [0.15, 0.2) is 46.3 Å². The molecular weight excluding hydrogens is 342 g/mol. The molecule has 20 heavy (non-hydrogen) atoms. The number of nitrogens with one attached hydrogen (secondary N) is 1. The Kier molecular flexibility index (Phi) is 4.92. The number of amides is 1. The number of hydrogen-bond donors (Lipinski definition) is 1. The SMILES string of the molecule is COC(=O)C(NC(=O)c1cccs1)c1ccc(Br)cc1. The van der Waals surface area contributed by atoms with Gasteiger partial charge in [-0.2, -0.15) is 0 Å². The number of rotatable bonds is 4. The number of thiophene rings is 1. The van der Waals surface area contributed by atoms with Gasteiger partial charge in [-0.05, 0) is 29.1 Å². The minimum atomic E-state index is -0.817. The Bertz CT molecular complexity index is 595. The molecule has 2 aromatic rings. The van der Waals surface area contributed by atoms with Crippen molar-refractivity contribution in [3.63, 3.8) is 0 Å². The third-order valence-electron chi connectivity index (χ3n) is 2.66. The van der Waals surface area contributed by atoms with Gasteiger partial charge in [-0.1, -0.05) is 34.1 Å². The summed E-state index contributed by atoms with van der Waals surface area (Å²) in [7, 11) is 1.30. The summed E-state index contributed by atoms with van der Waals surface area (Å²) in [6, 6.07) is 9.82. The molecule has 1 atom stereocenters. The van der Waals surface area contributed by atoms with Crippen molar-refractivity contribution in [2.45, 2.75) is 6.04 Å². The number of halogens is 1. The molecule has 104 valence electrons. The molecule has 1 aromatic carbocycles. The third kappa shape index (κ3) is 3.46. The van der Waals surface area contributed by atoms with Crippen molar-refractivity contribution >= 4 is 39.1 Å². The van der Waals surface area contributed by atoms with E-state index in [0.29, 0.717) is 10.4 Å². The van der Waals surface area contributed by atoms with E-state index in [9.17, 15) is 9.59 Å². The molecule has 0 saturated carbocycles. The van der Waals surface area contributed by atoms with Gasteiger partial charge in [0.1, 0.15) is 0 Å². The minimum Gasteiger partial charge on any atom is -0.467 e. The predicted molar refractivity (Wildman–Crippen MR) is 80.7 cm³/mol. The van der Waals surface area contributed by atoms with Crippen molar-refractivity contribution in [1.29, 1.82) is 0 Å². The van der Waals surface area contributed by atoms with Gasteiger partial charge in [-0.3, -0.25) is 4.79 Å². The summed E-state index contributed by atoms with van der Waals surface area (Å²) in [6.45, 7) is 0. The molecule has 0 bridgehead atoms. The third-order valence-corrected chi connectivity index (χ3v) is 4.06. The van der Waals surface area contributed by atoms with E-state index in [0.717, 1.165) is 4.47 Å². The molecule has 1 N–H and O–H groups in total. The van der Waals surface area contributed by atoms with Crippen molar-refractivity contribution in [2.75, 3.05) is 7.11 Å². The van der Waals surface area contributed by atoms with Crippen LogP contribution in [0, 0.1) is 0 Å². The molecule has 2 rings (SSSR count). The van der Waals surface area contributed by atoms with Gasteiger partial charge in [0, 0.05) is 4.47 Å². The van der Waals surface area contributed by atoms with E-state index in [1.54, 1.807) is 24.3 Å². The molecule has 0 fully saturated rings. The summed E-state index contributed by atoms with van der Waals surface area (Å²) >= 11 is 4.65. The number of hydrogen-bond acceptors (Lipinski definition) is 4. The zero-order valence-corrected chi connectivity index (χ0v) is 13.0. The fourth-order valence-electron chi connectivity index (χ4n) is 1.66. The van der Waals surface area contributed by atoms with Gasteiger partial charge in [0.05, 0.1) is 12.0 Å². The van der Waals surface area contributed by atoms with Crippen molar-refractivity contribution in [3.8, 4) is 0 Å². The van der Waals surface area contributed by atoms with E-state index >= 15 is 0 Å². The molecule has 0 aliphatic carbocycles. The highest BCUT2D eigenvalue weighted by molar-refractivity contribution is 9.10. The Hall–Kier alpha value is -1.66. The molecule has 1 heterocycles. The average molecular weight is 354 g/mol. The molecule has 1 aromatic heterocycles. The van der Waals surface area contributed by atoms with Crippen LogP contribution in [0.3, 0.4) is 0 Å². The zero-order chi connectivity index (χ0) is 14.5. The van der Waals surface area contributed by atoms with Gasteiger partial charge in [-0.15, -0.1) is 11.3 Å². The quantitative estimate of drug-likeness (QED) is 0.859. The normalized spacial score (nSPS) is 11.7. The fraction of sp³-hybridized carbons (Fsp3) is 0.143. The van der Waals surface area contributed by atoms with E-state index in [4.69, 9.17) is 4.74 Å². The Balaban J connectivity index is 2.22. The van der Waals surface area contributed by atoms with Crippen molar-refractivity contribution in [3.05, 3.63) is 56.7 Å². The van der Waals surface area contributed by atoms with Crippen molar-refractivity contribution < 1.29 is 14.3 Å². The summed E-state index contributed by atoms with van der Waals surface area (Å²) in [5.74, 6) is -0.796. The number of esters is 1. The highest BCUT2D eigenvalue weighted by Gasteiger charge is 2.24. The van der Waals surface area contributed by atoms with Crippen LogP contribution >= 0.6 is 27.3 Å². The van der Waals surface area contributed by atoms with Crippen LogP contribution in [0.1, 0.15) is 21.3 Å². The fourth-order valence-corrected chi connectivity index (χ4v) is 2.55. The van der Waals surface area contributed by atoms with Gasteiger partial charge in [0.2, 0.25) is 0 Å². The first kappa shape index (κ1) is 14.7. The molecular formula is C14H12BrNO3S. The van der Waals surface area contributed by atoms with Crippen LogP contribution in [-0.4, -0.2) is 19.0 Å². The van der Waals surface area contributed by atoms with E-state index in [1.165, 1.54) is 18.4 Å². The van der Waals surface area contributed by atoms with E-state index < -0.39 is 12.0 Å². The second-order valence-corrected chi connectivity index (χ2v) is 5.82. The van der Waals surface area contributed by atoms with Gasteiger partial charge in [-0.25, -0.2) is 4.79 Å². The maximum absolute atomic E-state index is 12.1. The Labute approximate surface area is 128 Å². The first-order valence-corrected chi connectivity index (χ1v) is 7.46. The number of carbonyl (C=O) groups is 2. The van der Waals surface area contributed by atoms with Gasteiger partial charge < -0.3 is 10.1 Å². The average Bonchev–Trinajstić information content (AvgIpc) is 2.99. The smallest absolute Gasteiger partial charge is 0.333 e. The molecule has 1 amide bonds. The summed E-state index contributed by atoms with van der Waals surface area (Å²) in [5, 5.41) is 4.49. The molecule has 4 nitrogen and oxygen atoms in total. The largest absolute Gasteiger partial charge is 0.467 e. The maximum Gasteiger partial charge on any atom is 0.333 e. The van der Waals surface area contributed by atoms with Gasteiger partial charge in [0.25, 0.3) is 5.91 Å². The van der Waals surface area contributed by atoms with Crippen molar-refractivity contribution in [2.24, 2.45) is 0 Å². The van der Waals surface area contributed by atoms with Gasteiger partial charge in [0.15, 0.2) is 6.04 Å². The lowest BCUT2D eigenvalue weighted by atomic mass is 10.1. The summed E-state index contributed by atoms with van der Waals surface area (Å²) in [4.78, 5) is 24.5. The first-order valence-electron chi connectivity index (χ1n) is 5.79.